The smallest absolute Gasteiger partial charge is 0.330 e. The molecule has 0 heterocycles. The molecule has 0 radical (unpaired) electrons. The van der Waals surface area contributed by atoms with Crippen LogP contribution in [0, 0.1) is 34.5 Å². The Morgan fingerprint density at radius 1 is 1.23 bits per heavy atom. The lowest BCUT2D eigenvalue weighted by Gasteiger charge is -2.62. The van der Waals surface area contributed by atoms with Gasteiger partial charge in [0, 0.05) is 17.9 Å². The number of rotatable bonds is 3. The highest BCUT2D eigenvalue weighted by Gasteiger charge is 2.68. The molecule has 3 aliphatic carbocycles. The van der Waals surface area contributed by atoms with E-state index in [1.807, 2.05) is 13.8 Å². The maximum atomic E-state index is 13.4. The third kappa shape index (κ3) is 3.21. The number of aliphatic hydroxyl groups is 2. The first-order valence-corrected chi connectivity index (χ1v) is 10.9. The topological polar surface area (TPSA) is 110 Å². The number of hydrogen-bond acceptors (Lipinski definition) is 7. The Balaban J connectivity index is 2.02. The highest BCUT2D eigenvalue weighted by Crippen LogP contribution is 2.64. The summed E-state index contributed by atoms with van der Waals surface area (Å²) in [5.74, 6) is -2.74. The SMILES string of the molecule is CCOC(=O)C=C1CCC2C(C(=O)C(O)C3C2(C)CCC(O)C3(C)C(=O)OC)C1C. The molecule has 3 aliphatic rings. The molecule has 0 saturated heterocycles. The predicted octanol–water partition coefficient (Wildman–Crippen LogP) is 2.04. The van der Waals surface area contributed by atoms with E-state index in [1.165, 1.54) is 13.2 Å². The van der Waals surface area contributed by atoms with E-state index in [2.05, 4.69) is 0 Å². The number of esters is 2. The average Bonchev–Trinajstić information content (AvgIpc) is 2.70. The summed E-state index contributed by atoms with van der Waals surface area (Å²) in [5, 5.41) is 21.9. The number of fused-ring (bicyclic) bond motifs is 3. The lowest BCUT2D eigenvalue weighted by Crippen LogP contribution is -2.68. The minimum atomic E-state index is -1.38. The van der Waals surface area contributed by atoms with Crippen molar-refractivity contribution in [3.63, 3.8) is 0 Å². The fraction of sp³-hybridized carbons (Fsp3) is 0.783. The molecule has 0 aromatic rings. The normalized spacial score (nSPS) is 44.8. The van der Waals surface area contributed by atoms with Crippen molar-refractivity contribution in [3.05, 3.63) is 11.6 Å². The van der Waals surface area contributed by atoms with Crippen LogP contribution in [-0.2, 0) is 23.9 Å². The number of hydrogen-bond donors (Lipinski definition) is 2. The van der Waals surface area contributed by atoms with Gasteiger partial charge in [0.05, 0.1) is 25.2 Å². The Morgan fingerprint density at radius 2 is 1.90 bits per heavy atom. The number of methoxy groups -OCH3 is 1. The molecule has 0 bridgehead atoms. The Hall–Kier alpha value is -1.73. The lowest BCUT2D eigenvalue weighted by molar-refractivity contribution is -0.217. The molecule has 3 rings (SSSR count). The van der Waals surface area contributed by atoms with Crippen molar-refractivity contribution in [2.24, 2.45) is 34.5 Å². The van der Waals surface area contributed by atoms with E-state index in [4.69, 9.17) is 9.47 Å². The van der Waals surface area contributed by atoms with Gasteiger partial charge in [-0.3, -0.25) is 9.59 Å². The molecule has 7 nitrogen and oxygen atoms in total. The summed E-state index contributed by atoms with van der Waals surface area (Å²) in [7, 11) is 1.27. The summed E-state index contributed by atoms with van der Waals surface area (Å²) in [4.78, 5) is 38.1. The van der Waals surface area contributed by atoms with Gasteiger partial charge in [0.1, 0.15) is 6.10 Å². The second kappa shape index (κ2) is 8.08. The van der Waals surface area contributed by atoms with Gasteiger partial charge in [0.2, 0.25) is 0 Å². The maximum absolute atomic E-state index is 13.4. The second-order valence-corrected chi connectivity index (χ2v) is 9.59. The predicted molar refractivity (Wildman–Crippen MR) is 108 cm³/mol. The van der Waals surface area contributed by atoms with Crippen LogP contribution in [0.1, 0.15) is 53.4 Å². The van der Waals surface area contributed by atoms with Crippen LogP contribution < -0.4 is 0 Å². The average molecular weight is 423 g/mol. The number of aliphatic hydroxyl groups excluding tert-OH is 2. The van der Waals surface area contributed by atoms with Gasteiger partial charge < -0.3 is 19.7 Å². The van der Waals surface area contributed by atoms with E-state index in [-0.39, 0.29) is 24.2 Å². The summed E-state index contributed by atoms with van der Waals surface area (Å²) in [6.07, 6.45) is 1.48. The Bertz CT molecular complexity index is 759. The van der Waals surface area contributed by atoms with Crippen molar-refractivity contribution in [1.82, 2.24) is 0 Å². The summed E-state index contributed by atoms with van der Waals surface area (Å²) in [5.41, 5.74) is -1.00. The molecule has 0 spiro atoms. The first kappa shape index (κ1) is 22.9. The van der Waals surface area contributed by atoms with E-state index in [1.54, 1.807) is 13.8 Å². The number of carbonyl (C=O) groups excluding carboxylic acids is 3. The summed E-state index contributed by atoms with van der Waals surface area (Å²) in [6.45, 7) is 7.60. The van der Waals surface area contributed by atoms with Crippen molar-refractivity contribution in [2.75, 3.05) is 13.7 Å². The van der Waals surface area contributed by atoms with E-state index < -0.39 is 46.8 Å². The third-order valence-corrected chi connectivity index (χ3v) is 8.30. The minimum Gasteiger partial charge on any atom is -0.469 e. The molecular weight excluding hydrogens is 388 g/mol. The molecule has 0 aromatic heterocycles. The lowest BCUT2D eigenvalue weighted by atomic mass is 9.41. The van der Waals surface area contributed by atoms with Crippen LogP contribution in [0.4, 0.5) is 0 Å². The standard InChI is InChI=1S/C23H34O7/c1-6-30-16(25)11-13-7-8-14-17(12(13)2)18(26)19(27)20-22(14,3)10-9-15(24)23(20,4)21(28)29-5/h11-12,14-15,17,19-20,24,27H,6-10H2,1-5H3. The number of carbonyl (C=O) groups is 3. The molecule has 168 valence electrons. The quantitative estimate of drug-likeness (QED) is 0.529. The van der Waals surface area contributed by atoms with E-state index in [0.29, 0.717) is 25.7 Å². The highest BCUT2D eigenvalue weighted by molar-refractivity contribution is 5.90. The van der Waals surface area contributed by atoms with Crippen molar-refractivity contribution in [2.45, 2.75) is 65.6 Å². The molecule has 3 fully saturated rings. The summed E-state index contributed by atoms with van der Waals surface area (Å²) < 4.78 is 10.0. The van der Waals surface area contributed by atoms with Crippen LogP contribution in [0.3, 0.4) is 0 Å². The first-order valence-electron chi connectivity index (χ1n) is 10.9. The van der Waals surface area contributed by atoms with Crippen LogP contribution >= 0.6 is 0 Å². The van der Waals surface area contributed by atoms with Crippen LogP contribution in [0.15, 0.2) is 11.6 Å². The van der Waals surface area contributed by atoms with Gasteiger partial charge in [-0.2, -0.15) is 0 Å². The molecular formula is C23H34O7. The van der Waals surface area contributed by atoms with Gasteiger partial charge in [-0.1, -0.05) is 19.4 Å². The number of ether oxygens (including phenoxy) is 2. The molecule has 30 heavy (non-hydrogen) atoms. The Kier molecular flexibility index (Phi) is 6.18. The molecule has 3 saturated carbocycles. The zero-order chi connectivity index (χ0) is 22.4. The van der Waals surface area contributed by atoms with Crippen molar-refractivity contribution >= 4 is 17.7 Å². The van der Waals surface area contributed by atoms with Crippen LogP contribution in [0.25, 0.3) is 0 Å². The van der Waals surface area contributed by atoms with Gasteiger partial charge in [-0.05, 0) is 56.8 Å². The Morgan fingerprint density at radius 3 is 2.50 bits per heavy atom. The fourth-order valence-electron chi connectivity index (χ4n) is 6.78. The van der Waals surface area contributed by atoms with Gasteiger partial charge in [-0.25, -0.2) is 4.79 Å². The van der Waals surface area contributed by atoms with Crippen molar-refractivity contribution < 1.29 is 34.1 Å². The van der Waals surface area contributed by atoms with Gasteiger partial charge in [-0.15, -0.1) is 0 Å². The second-order valence-electron chi connectivity index (χ2n) is 9.59. The largest absolute Gasteiger partial charge is 0.469 e. The van der Waals surface area contributed by atoms with E-state index in [9.17, 15) is 24.6 Å². The van der Waals surface area contributed by atoms with Crippen molar-refractivity contribution in [3.8, 4) is 0 Å². The zero-order valence-corrected chi connectivity index (χ0v) is 18.5. The van der Waals surface area contributed by atoms with E-state index in [0.717, 1.165) is 5.57 Å². The number of Topliss-reactive ketones (excluding diaryl/α,β-unsaturated/α-hetero) is 1. The molecule has 8 atom stereocenters. The number of ketones is 1. The fourth-order valence-corrected chi connectivity index (χ4v) is 6.78. The molecule has 2 N–H and O–H groups in total. The van der Waals surface area contributed by atoms with Gasteiger partial charge in [0.15, 0.2) is 5.78 Å². The molecule has 0 aliphatic heterocycles. The highest BCUT2D eigenvalue weighted by atomic mass is 16.5. The summed E-state index contributed by atoms with van der Waals surface area (Å²) in [6, 6.07) is 0. The maximum Gasteiger partial charge on any atom is 0.330 e. The first-order chi connectivity index (χ1) is 14.0. The van der Waals surface area contributed by atoms with Gasteiger partial charge >= 0.3 is 11.9 Å². The zero-order valence-electron chi connectivity index (χ0n) is 18.5. The van der Waals surface area contributed by atoms with E-state index >= 15 is 0 Å². The monoisotopic (exact) mass is 422 g/mol. The van der Waals surface area contributed by atoms with Gasteiger partial charge in [0.25, 0.3) is 0 Å². The molecule has 0 amide bonds. The third-order valence-electron chi connectivity index (χ3n) is 8.30. The summed E-state index contributed by atoms with van der Waals surface area (Å²) >= 11 is 0. The molecule has 7 heteroatoms. The van der Waals surface area contributed by atoms with Crippen LogP contribution in [0.2, 0.25) is 0 Å². The minimum absolute atomic E-state index is 0.0516. The Labute approximate surface area is 177 Å². The van der Waals surface area contributed by atoms with Crippen LogP contribution in [0.5, 0.6) is 0 Å². The van der Waals surface area contributed by atoms with Crippen LogP contribution in [-0.4, -0.2) is 53.9 Å². The molecule has 0 aromatic carbocycles. The molecule has 8 unspecified atom stereocenters. The number of allylic oxidation sites excluding steroid dienone is 1. The van der Waals surface area contributed by atoms with Crippen molar-refractivity contribution in [1.29, 1.82) is 0 Å².